The molecule has 0 bridgehead atoms. The second-order valence-corrected chi connectivity index (χ2v) is 5.08. The summed E-state index contributed by atoms with van der Waals surface area (Å²) in [6.07, 6.45) is 5.98. The Morgan fingerprint density at radius 1 is 1.19 bits per heavy atom. The summed E-state index contributed by atoms with van der Waals surface area (Å²) in [5, 5.41) is 3.32. The molecule has 1 heteroatoms. The Balaban J connectivity index is 2.49. The lowest BCUT2D eigenvalue weighted by Gasteiger charge is -2.19. The van der Waals surface area contributed by atoms with Crippen molar-refractivity contribution in [1.82, 2.24) is 5.32 Å². The minimum absolute atomic E-state index is 0.232. The lowest BCUT2D eigenvalue weighted by Crippen LogP contribution is -2.15. The highest BCUT2D eigenvalue weighted by molar-refractivity contribution is 5.27. The molecular weight excluding hydrogens is 194 g/mol. The summed E-state index contributed by atoms with van der Waals surface area (Å²) in [5.74, 6) is 2.62. The summed E-state index contributed by atoms with van der Waals surface area (Å²) in [7, 11) is 0. The van der Waals surface area contributed by atoms with Crippen molar-refractivity contribution in [3.63, 3.8) is 0 Å². The summed E-state index contributed by atoms with van der Waals surface area (Å²) in [4.78, 5) is 0. The van der Waals surface area contributed by atoms with Crippen molar-refractivity contribution in [2.75, 3.05) is 6.54 Å². The van der Waals surface area contributed by atoms with Crippen molar-refractivity contribution in [3.05, 3.63) is 35.4 Å². The SMILES string of the molecule is C#CCCNCc1ccc(C(C)(C)C)cc1. The Morgan fingerprint density at radius 3 is 2.31 bits per heavy atom. The molecule has 1 aromatic carbocycles. The van der Waals surface area contributed by atoms with Gasteiger partial charge in [-0.05, 0) is 16.5 Å². The highest BCUT2D eigenvalue weighted by Crippen LogP contribution is 2.21. The predicted molar refractivity (Wildman–Crippen MR) is 70.3 cm³/mol. The van der Waals surface area contributed by atoms with Crippen molar-refractivity contribution in [2.24, 2.45) is 0 Å². The summed E-state index contributed by atoms with van der Waals surface area (Å²) >= 11 is 0. The maximum absolute atomic E-state index is 5.19. The van der Waals surface area contributed by atoms with E-state index in [2.05, 4.69) is 56.3 Å². The lowest BCUT2D eigenvalue weighted by molar-refractivity contribution is 0.589. The van der Waals surface area contributed by atoms with Gasteiger partial charge in [-0.15, -0.1) is 12.3 Å². The number of hydrogen-bond donors (Lipinski definition) is 1. The summed E-state index contributed by atoms with van der Waals surface area (Å²) in [6, 6.07) is 8.78. The Labute approximate surface area is 99.3 Å². The van der Waals surface area contributed by atoms with E-state index in [1.54, 1.807) is 0 Å². The molecule has 1 nitrogen and oxygen atoms in total. The highest BCUT2D eigenvalue weighted by atomic mass is 14.8. The fourth-order valence-corrected chi connectivity index (χ4v) is 1.52. The molecule has 0 atom stereocenters. The van der Waals surface area contributed by atoms with E-state index >= 15 is 0 Å². The predicted octanol–water partition coefficient (Wildman–Crippen LogP) is 3.10. The van der Waals surface area contributed by atoms with Crippen LogP contribution in [0, 0.1) is 12.3 Å². The maximum Gasteiger partial charge on any atom is 0.0212 e. The van der Waals surface area contributed by atoms with Gasteiger partial charge in [0.15, 0.2) is 0 Å². The number of rotatable bonds is 4. The van der Waals surface area contributed by atoms with Gasteiger partial charge in [0.05, 0.1) is 0 Å². The smallest absolute Gasteiger partial charge is 0.0212 e. The van der Waals surface area contributed by atoms with E-state index < -0.39 is 0 Å². The van der Waals surface area contributed by atoms with E-state index in [9.17, 15) is 0 Å². The van der Waals surface area contributed by atoms with Crippen molar-refractivity contribution in [3.8, 4) is 12.3 Å². The van der Waals surface area contributed by atoms with Crippen LogP contribution in [0.1, 0.15) is 38.3 Å². The monoisotopic (exact) mass is 215 g/mol. The molecule has 0 radical (unpaired) electrons. The van der Waals surface area contributed by atoms with Gasteiger partial charge in [0.25, 0.3) is 0 Å². The molecule has 0 unspecified atom stereocenters. The molecule has 16 heavy (non-hydrogen) atoms. The van der Waals surface area contributed by atoms with E-state index in [4.69, 9.17) is 6.42 Å². The van der Waals surface area contributed by atoms with Gasteiger partial charge in [-0.2, -0.15) is 0 Å². The molecule has 0 aliphatic carbocycles. The lowest BCUT2D eigenvalue weighted by atomic mass is 9.87. The maximum atomic E-state index is 5.19. The highest BCUT2D eigenvalue weighted by Gasteiger charge is 2.12. The van der Waals surface area contributed by atoms with Crippen molar-refractivity contribution in [2.45, 2.75) is 39.2 Å². The molecule has 86 valence electrons. The van der Waals surface area contributed by atoms with Crippen LogP contribution in [0.2, 0.25) is 0 Å². The van der Waals surface area contributed by atoms with E-state index in [0.717, 1.165) is 19.5 Å². The van der Waals surface area contributed by atoms with Crippen LogP contribution < -0.4 is 5.32 Å². The Hall–Kier alpha value is -1.26. The van der Waals surface area contributed by atoms with Crippen LogP contribution in [-0.2, 0) is 12.0 Å². The Bertz CT molecular complexity index is 349. The second-order valence-electron chi connectivity index (χ2n) is 5.08. The zero-order valence-corrected chi connectivity index (χ0v) is 10.5. The first kappa shape index (κ1) is 12.8. The van der Waals surface area contributed by atoms with E-state index in [1.807, 2.05) is 0 Å². The van der Waals surface area contributed by atoms with Gasteiger partial charge >= 0.3 is 0 Å². The van der Waals surface area contributed by atoms with Crippen LogP contribution >= 0.6 is 0 Å². The van der Waals surface area contributed by atoms with Crippen molar-refractivity contribution in [1.29, 1.82) is 0 Å². The normalized spacial score (nSPS) is 11.1. The van der Waals surface area contributed by atoms with Gasteiger partial charge in [-0.3, -0.25) is 0 Å². The minimum atomic E-state index is 0.232. The first-order valence-corrected chi connectivity index (χ1v) is 5.77. The van der Waals surface area contributed by atoms with Crippen molar-refractivity contribution < 1.29 is 0 Å². The molecule has 0 aliphatic heterocycles. The number of terminal acetylenes is 1. The molecule has 0 saturated heterocycles. The summed E-state index contributed by atoms with van der Waals surface area (Å²) < 4.78 is 0. The van der Waals surface area contributed by atoms with Gasteiger partial charge in [0.2, 0.25) is 0 Å². The standard InChI is InChI=1S/C15H21N/c1-5-6-11-16-12-13-7-9-14(10-8-13)15(2,3)4/h1,7-10,16H,6,11-12H2,2-4H3. The molecule has 0 spiro atoms. The van der Waals surface area contributed by atoms with Gasteiger partial charge in [0.1, 0.15) is 0 Å². The number of nitrogens with one attached hydrogen (secondary N) is 1. The number of hydrogen-bond acceptors (Lipinski definition) is 1. The first-order chi connectivity index (χ1) is 7.54. The Kier molecular flexibility index (Phi) is 4.58. The van der Waals surface area contributed by atoms with E-state index in [1.165, 1.54) is 11.1 Å². The second kappa shape index (κ2) is 5.72. The van der Waals surface area contributed by atoms with Crippen LogP contribution in [0.4, 0.5) is 0 Å². The van der Waals surface area contributed by atoms with Crippen LogP contribution in [0.5, 0.6) is 0 Å². The number of benzene rings is 1. The minimum Gasteiger partial charge on any atom is -0.312 e. The van der Waals surface area contributed by atoms with Gasteiger partial charge in [-0.25, -0.2) is 0 Å². The molecule has 0 aromatic heterocycles. The zero-order chi connectivity index (χ0) is 12.0. The summed E-state index contributed by atoms with van der Waals surface area (Å²) in [5.41, 5.74) is 2.92. The average molecular weight is 215 g/mol. The largest absolute Gasteiger partial charge is 0.312 e. The van der Waals surface area contributed by atoms with Crippen molar-refractivity contribution >= 4 is 0 Å². The first-order valence-electron chi connectivity index (χ1n) is 5.77. The van der Waals surface area contributed by atoms with Gasteiger partial charge < -0.3 is 5.32 Å². The van der Waals surface area contributed by atoms with E-state index in [0.29, 0.717) is 0 Å². The fourth-order valence-electron chi connectivity index (χ4n) is 1.52. The topological polar surface area (TPSA) is 12.0 Å². The molecule has 0 aliphatic rings. The molecule has 1 aromatic rings. The van der Waals surface area contributed by atoms with Gasteiger partial charge in [-0.1, -0.05) is 45.0 Å². The molecular formula is C15H21N. The molecule has 1 N–H and O–H groups in total. The third-order valence-corrected chi connectivity index (χ3v) is 2.60. The molecule has 0 saturated carbocycles. The quantitative estimate of drug-likeness (QED) is 0.601. The molecule has 1 rings (SSSR count). The third-order valence-electron chi connectivity index (χ3n) is 2.60. The van der Waals surface area contributed by atoms with Crippen LogP contribution in [0.15, 0.2) is 24.3 Å². The van der Waals surface area contributed by atoms with Crippen LogP contribution in [0.3, 0.4) is 0 Å². The third kappa shape index (κ3) is 4.08. The zero-order valence-electron chi connectivity index (χ0n) is 10.5. The van der Waals surface area contributed by atoms with Crippen LogP contribution in [-0.4, -0.2) is 6.54 Å². The fraction of sp³-hybridized carbons (Fsp3) is 0.467. The molecule has 0 heterocycles. The van der Waals surface area contributed by atoms with E-state index in [-0.39, 0.29) is 5.41 Å². The molecule has 0 fully saturated rings. The summed E-state index contributed by atoms with van der Waals surface area (Å²) in [6.45, 7) is 8.47. The van der Waals surface area contributed by atoms with Crippen LogP contribution in [0.25, 0.3) is 0 Å². The average Bonchev–Trinajstić information content (AvgIpc) is 2.24. The Morgan fingerprint density at radius 2 is 1.81 bits per heavy atom. The molecule has 0 amide bonds. The van der Waals surface area contributed by atoms with Gasteiger partial charge in [0, 0.05) is 19.5 Å².